The van der Waals surface area contributed by atoms with Gasteiger partial charge in [0.1, 0.15) is 17.5 Å². The zero-order chi connectivity index (χ0) is 14.7. The highest BCUT2D eigenvalue weighted by atomic mass is 32.2. The Kier molecular flexibility index (Phi) is 4.30. The van der Waals surface area contributed by atoms with Crippen LogP contribution in [0.15, 0.2) is 39.7 Å². The molecule has 3 rings (SSSR count). The van der Waals surface area contributed by atoms with E-state index in [1.54, 1.807) is 24.5 Å². The van der Waals surface area contributed by atoms with Crippen molar-refractivity contribution in [3.05, 3.63) is 36.2 Å². The number of hydrogen-bond donors (Lipinski definition) is 2. The van der Waals surface area contributed by atoms with Gasteiger partial charge in [0.2, 0.25) is 0 Å². The molecule has 0 radical (unpaired) electrons. The van der Waals surface area contributed by atoms with E-state index in [1.165, 1.54) is 11.8 Å². The molecular formula is C13H13N5OS2. The topological polar surface area (TPSA) is 86.0 Å². The predicted molar refractivity (Wildman–Crippen MR) is 84.3 cm³/mol. The Bertz CT molecular complexity index is 728. The maximum Gasteiger partial charge on any atom is 0.157 e. The Morgan fingerprint density at radius 2 is 2.14 bits per heavy atom. The molecular weight excluding hydrogens is 306 g/mol. The molecule has 0 bridgehead atoms. The molecule has 0 spiro atoms. The van der Waals surface area contributed by atoms with Crippen LogP contribution < -0.4 is 11.3 Å². The van der Waals surface area contributed by atoms with Gasteiger partial charge in [-0.05, 0) is 23.9 Å². The maximum atomic E-state index is 5.44. The standard InChI is InChI=1S/C13H13N5OS2/c1-19-7-11-16-10(18-14)6-12(17-11)21-13-15-8-4-2-3-5-9(8)20-13/h2-6H,7,14H2,1H3,(H,16,17,18). The summed E-state index contributed by atoms with van der Waals surface area (Å²) < 4.78 is 7.15. The number of nitrogens with two attached hydrogens (primary N) is 1. The van der Waals surface area contributed by atoms with Gasteiger partial charge in [0.15, 0.2) is 10.2 Å². The van der Waals surface area contributed by atoms with E-state index >= 15 is 0 Å². The molecule has 1 aromatic carbocycles. The molecule has 0 aliphatic heterocycles. The van der Waals surface area contributed by atoms with E-state index in [1.807, 2.05) is 18.2 Å². The number of nitrogens with zero attached hydrogens (tertiary/aromatic N) is 3. The van der Waals surface area contributed by atoms with Crippen molar-refractivity contribution >= 4 is 39.1 Å². The first-order valence-electron chi connectivity index (χ1n) is 6.15. The summed E-state index contributed by atoms with van der Waals surface area (Å²) in [5.74, 6) is 6.57. The summed E-state index contributed by atoms with van der Waals surface area (Å²) >= 11 is 3.12. The molecule has 6 nitrogen and oxygen atoms in total. The lowest BCUT2D eigenvalue weighted by Gasteiger charge is -2.05. The first-order valence-corrected chi connectivity index (χ1v) is 7.78. The van der Waals surface area contributed by atoms with Gasteiger partial charge in [-0.15, -0.1) is 11.3 Å². The number of ether oxygens (including phenoxy) is 1. The Labute approximate surface area is 129 Å². The monoisotopic (exact) mass is 319 g/mol. The number of benzene rings is 1. The third-order valence-electron chi connectivity index (χ3n) is 2.64. The first-order chi connectivity index (χ1) is 10.3. The van der Waals surface area contributed by atoms with Crippen LogP contribution in [0.25, 0.3) is 10.2 Å². The second-order valence-electron chi connectivity index (χ2n) is 4.13. The van der Waals surface area contributed by atoms with Crippen LogP contribution in [0.1, 0.15) is 5.82 Å². The van der Waals surface area contributed by atoms with Crippen molar-refractivity contribution in [2.75, 3.05) is 12.5 Å². The smallest absolute Gasteiger partial charge is 0.157 e. The number of rotatable bonds is 5. The molecule has 0 aliphatic carbocycles. The molecule has 8 heteroatoms. The average molecular weight is 319 g/mol. The van der Waals surface area contributed by atoms with E-state index < -0.39 is 0 Å². The summed E-state index contributed by atoms with van der Waals surface area (Å²) in [6.45, 7) is 0.336. The van der Waals surface area contributed by atoms with E-state index in [0.29, 0.717) is 18.2 Å². The summed E-state index contributed by atoms with van der Waals surface area (Å²) in [5.41, 5.74) is 3.54. The minimum atomic E-state index is 0.336. The average Bonchev–Trinajstić information content (AvgIpc) is 2.89. The van der Waals surface area contributed by atoms with Crippen molar-refractivity contribution in [3.63, 3.8) is 0 Å². The second-order valence-corrected chi connectivity index (χ2v) is 6.43. The molecule has 0 fully saturated rings. The normalized spacial score (nSPS) is 11.0. The fourth-order valence-electron chi connectivity index (χ4n) is 1.78. The van der Waals surface area contributed by atoms with Gasteiger partial charge >= 0.3 is 0 Å². The van der Waals surface area contributed by atoms with Gasteiger partial charge in [-0.1, -0.05) is 12.1 Å². The number of hydrogen-bond acceptors (Lipinski definition) is 8. The number of methoxy groups -OCH3 is 1. The lowest BCUT2D eigenvalue weighted by Crippen LogP contribution is -2.11. The van der Waals surface area contributed by atoms with Gasteiger partial charge in [0, 0.05) is 13.2 Å². The fourth-order valence-corrected chi connectivity index (χ4v) is 3.81. The predicted octanol–water partition coefficient (Wildman–Crippen LogP) is 2.67. The summed E-state index contributed by atoms with van der Waals surface area (Å²) in [5, 5.41) is 0.782. The molecule has 3 aromatic rings. The Hall–Kier alpha value is -1.74. The van der Waals surface area contributed by atoms with Crippen molar-refractivity contribution in [2.45, 2.75) is 16.0 Å². The van der Waals surface area contributed by atoms with E-state index in [0.717, 1.165) is 19.6 Å². The minimum Gasteiger partial charge on any atom is -0.377 e. The number of nitrogen functional groups attached to an aromatic ring is 1. The number of nitrogens with one attached hydrogen (secondary N) is 1. The maximum absolute atomic E-state index is 5.44. The van der Waals surface area contributed by atoms with Crippen LogP contribution in [0.3, 0.4) is 0 Å². The van der Waals surface area contributed by atoms with Crippen LogP contribution in [0.2, 0.25) is 0 Å². The quantitative estimate of drug-likeness (QED) is 0.425. The van der Waals surface area contributed by atoms with Crippen molar-refractivity contribution in [1.82, 2.24) is 15.0 Å². The van der Waals surface area contributed by atoms with Crippen LogP contribution in [-0.2, 0) is 11.3 Å². The second kappa shape index (κ2) is 6.35. The zero-order valence-corrected chi connectivity index (χ0v) is 12.9. The van der Waals surface area contributed by atoms with Gasteiger partial charge in [0.05, 0.1) is 10.2 Å². The molecule has 2 aromatic heterocycles. The van der Waals surface area contributed by atoms with E-state index in [-0.39, 0.29) is 0 Å². The molecule has 0 atom stereocenters. The van der Waals surface area contributed by atoms with Crippen LogP contribution >= 0.6 is 23.1 Å². The van der Waals surface area contributed by atoms with Crippen LogP contribution in [0.4, 0.5) is 5.82 Å². The Morgan fingerprint density at radius 3 is 2.90 bits per heavy atom. The van der Waals surface area contributed by atoms with Crippen molar-refractivity contribution < 1.29 is 4.74 Å². The van der Waals surface area contributed by atoms with Gasteiger partial charge in [0.25, 0.3) is 0 Å². The molecule has 108 valence electrons. The fraction of sp³-hybridized carbons (Fsp3) is 0.154. The van der Waals surface area contributed by atoms with E-state index in [9.17, 15) is 0 Å². The molecule has 0 saturated heterocycles. The Balaban J connectivity index is 1.90. The number of anilines is 1. The molecule has 2 heterocycles. The lowest BCUT2D eigenvalue weighted by molar-refractivity contribution is 0.177. The third-order valence-corrected chi connectivity index (χ3v) is 4.65. The summed E-state index contributed by atoms with van der Waals surface area (Å²) in [6.07, 6.45) is 0. The van der Waals surface area contributed by atoms with Crippen molar-refractivity contribution in [1.29, 1.82) is 0 Å². The third kappa shape index (κ3) is 3.30. The van der Waals surface area contributed by atoms with Crippen LogP contribution in [0.5, 0.6) is 0 Å². The van der Waals surface area contributed by atoms with E-state index in [2.05, 4.69) is 26.4 Å². The van der Waals surface area contributed by atoms with Crippen LogP contribution in [0, 0.1) is 0 Å². The first kappa shape index (κ1) is 14.2. The van der Waals surface area contributed by atoms with Gasteiger partial charge in [-0.3, -0.25) is 0 Å². The lowest BCUT2D eigenvalue weighted by atomic mass is 10.3. The highest BCUT2D eigenvalue weighted by molar-refractivity contribution is 8.01. The van der Waals surface area contributed by atoms with Crippen molar-refractivity contribution in [3.8, 4) is 0 Å². The molecule has 0 unspecified atom stereocenters. The number of aromatic nitrogens is 3. The molecule has 3 N–H and O–H groups in total. The number of para-hydroxylation sites is 1. The molecule has 0 amide bonds. The van der Waals surface area contributed by atoms with Gasteiger partial charge in [-0.25, -0.2) is 20.8 Å². The van der Waals surface area contributed by atoms with Crippen LogP contribution in [-0.4, -0.2) is 22.1 Å². The summed E-state index contributed by atoms with van der Waals surface area (Å²) in [4.78, 5) is 13.2. The highest BCUT2D eigenvalue weighted by Gasteiger charge is 2.09. The van der Waals surface area contributed by atoms with Gasteiger partial charge < -0.3 is 10.2 Å². The SMILES string of the molecule is COCc1nc(NN)cc(Sc2nc3ccccc3s2)n1. The largest absolute Gasteiger partial charge is 0.377 e. The summed E-state index contributed by atoms with van der Waals surface area (Å²) in [6, 6.07) is 9.83. The zero-order valence-electron chi connectivity index (χ0n) is 11.2. The van der Waals surface area contributed by atoms with Gasteiger partial charge in [-0.2, -0.15) is 0 Å². The van der Waals surface area contributed by atoms with Crippen molar-refractivity contribution in [2.24, 2.45) is 5.84 Å². The molecule has 21 heavy (non-hydrogen) atoms. The highest BCUT2D eigenvalue weighted by Crippen LogP contribution is 2.33. The molecule has 0 saturated carbocycles. The molecule has 0 aliphatic rings. The van der Waals surface area contributed by atoms with E-state index in [4.69, 9.17) is 10.6 Å². The number of thiazole rings is 1. The summed E-state index contributed by atoms with van der Waals surface area (Å²) in [7, 11) is 1.60. The number of fused-ring (bicyclic) bond motifs is 1. The number of hydrazine groups is 1. The minimum absolute atomic E-state index is 0.336. The Morgan fingerprint density at radius 1 is 1.29 bits per heavy atom.